The van der Waals surface area contributed by atoms with E-state index in [1.54, 1.807) is 16.0 Å². The maximum Gasteiger partial charge on any atom is 0.407 e. The van der Waals surface area contributed by atoms with Crippen molar-refractivity contribution in [1.82, 2.24) is 50.3 Å². The number of aromatic nitrogens is 6. The molecule has 0 radical (unpaired) electrons. The number of rotatable bonds is 10. The summed E-state index contributed by atoms with van der Waals surface area (Å²) in [5, 5.41) is 16.5. The normalized spacial score (nSPS) is 17.9. The van der Waals surface area contributed by atoms with Crippen LogP contribution in [-0.2, 0) is 14.3 Å². The molecule has 2 aliphatic rings. The van der Waals surface area contributed by atoms with Crippen molar-refractivity contribution in [3.8, 4) is 22.3 Å². The highest BCUT2D eigenvalue weighted by Crippen LogP contribution is 2.36. The molecule has 0 saturated carbocycles. The minimum Gasteiger partial charge on any atom is -0.465 e. The highest BCUT2D eigenvalue weighted by molar-refractivity contribution is 5.93. The second kappa shape index (κ2) is 16.0. The van der Waals surface area contributed by atoms with Gasteiger partial charge in [-0.1, -0.05) is 52.0 Å². The van der Waals surface area contributed by atoms with E-state index < -0.39 is 24.3 Å². The summed E-state index contributed by atoms with van der Waals surface area (Å²) in [5.74, 6) is 0.562. The van der Waals surface area contributed by atoms with Crippen LogP contribution in [0.2, 0.25) is 0 Å². The van der Waals surface area contributed by atoms with E-state index in [1.165, 1.54) is 7.11 Å². The fourth-order valence-corrected chi connectivity index (χ4v) is 8.41. The Bertz CT molecular complexity index is 2580. The first kappa shape index (κ1) is 39.3. The summed E-state index contributed by atoms with van der Waals surface area (Å²) in [4.78, 5) is 79.7. The predicted molar refractivity (Wildman–Crippen MR) is 221 cm³/mol. The maximum atomic E-state index is 13.6. The molecule has 0 bridgehead atoms. The van der Waals surface area contributed by atoms with Gasteiger partial charge < -0.3 is 40.2 Å². The second-order valence-corrected chi connectivity index (χ2v) is 16.1. The standard InChI is InChI=1S/C43H48N10O6/c1-22(2)34(48-42(56)57)40(54)52-14-6-8-32(52)38-46-30-18-28(20-44-36(30)50-38)26-12-10-25-17-27(13-11-24(25)16-26)29-19-31-37(45-21-29)51-39(47-31)33-9-7-15-53(33)41(55)35(23(3)4)49-43(58)59-5/h10-13,16-23,32-35,48H,6-9,14-15H2,1-5H3,(H,49,58)(H,56,57)(H,44,46,50)(H,45,47,51)/t32-,33-,34-,35-/m0/s1. The van der Waals surface area contributed by atoms with E-state index in [0.29, 0.717) is 36.0 Å². The summed E-state index contributed by atoms with van der Waals surface area (Å²) >= 11 is 0. The average Bonchev–Trinajstić information content (AvgIpc) is 4.05. The van der Waals surface area contributed by atoms with Gasteiger partial charge in [0.2, 0.25) is 11.8 Å². The summed E-state index contributed by atoms with van der Waals surface area (Å²) in [5.41, 5.74) is 6.46. The number of nitrogens with one attached hydrogen (secondary N) is 4. The van der Waals surface area contributed by atoms with Crippen molar-refractivity contribution in [1.29, 1.82) is 0 Å². The Morgan fingerprint density at radius 2 is 1.15 bits per heavy atom. The molecular weight excluding hydrogens is 753 g/mol. The van der Waals surface area contributed by atoms with Crippen LogP contribution in [0.1, 0.15) is 77.1 Å². The lowest BCUT2D eigenvalue weighted by atomic mass is 9.99. The first-order valence-electron chi connectivity index (χ1n) is 20.1. The van der Waals surface area contributed by atoms with Crippen LogP contribution >= 0.6 is 0 Å². The van der Waals surface area contributed by atoms with E-state index in [-0.39, 0.29) is 35.7 Å². The number of carbonyl (C=O) groups is 4. The molecule has 306 valence electrons. The van der Waals surface area contributed by atoms with E-state index in [4.69, 9.17) is 14.7 Å². The molecule has 0 unspecified atom stereocenters. The number of carbonyl (C=O) groups excluding carboxylic acids is 3. The molecule has 6 aromatic rings. The van der Waals surface area contributed by atoms with Crippen LogP contribution in [-0.4, -0.2) is 101 Å². The van der Waals surface area contributed by atoms with E-state index in [0.717, 1.165) is 69.7 Å². The first-order chi connectivity index (χ1) is 28.4. The molecule has 4 atom stereocenters. The molecule has 16 heteroatoms. The largest absolute Gasteiger partial charge is 0.465 e. The molecule has 4 amide bonds. The molecule has 0 spiro atoms. The van der Waals surface area contributed by atoms with E-state index >= 15 is 0 Å². The van der Waals surface area contributed by atoms with Crippen molar-refractivity contribution in [2.24, 2.45) is 11.8 Å². The number of benzene rings is 2. The third-order valence-electron chi connectivity index (χ3n) is 11.5. The lowest BCUT2D eigenvalue weighted by molar-refractivity contribution is -0.136. The number of fused-ring (bicyclic) bond motifs is 3. The first-order valence-corrected chi connectivity index (χ1v) is 20.1. The number of nitrogens with zero attached hydrogens (tertiary/aromatic N) is 6. The van der Waals surface area contributed by atoms with Gasteiger partial charge in [0, 0.05) is 36.6 Å². The zero-order chi connectivity index (χ0) is 41.5. The Kier molecular flexibility index (Phi) is 10.6. The lowest BCUT2D eigenvalue weighted by Gasteiger charge is -2.29. The molecule has 2 aromatic carbocycles. The zero-order valence-corrected chi connectivity index (χ0v) is 33.7. The van der Waals surface area contributed by atoms with Gasteiger partial charge >= 0.3 is 12.2 Å². The minimum atomic E-state index is -1.22. The molecule has 5 N–H and O–H groups in total. The van der Waals surface area contributed by atoms with Gasteiger partial charge in [0.25, 0.3) is 0 Å². The molecule has 8 rings (SSSR count). The number of methoxy groups -OCH3 is 1. The number of ether oxygens (including phenoxy) is 1. The second-order valence-electron chi connectivity index (χ2n) is 16.1. The summed E-state index contributed by atoms with van der Waals surface area (Å²) in [6.07, 6.45) is 4.83. The average molecular weight is 801 g/mol. The van der Waals surface area contributed by atoms with Crippen LogP contribution < -0.4 is 10.6 Å². The number of hydrogen-bond acceptors (Lipinski definition) is 9. The van der Waals surface area contributed by atoms with Crippen LogP contribution in [0, 0.1) is 11.8 Å². The Hall–Kier alpha value is -6.58. The monoisotopic (exact) mass is 800 g/mol. The van der Waals surface area contributed by atoms with Crippen molar-refractivity contribution in [2.45, 2.75) is 77.5 Å². The molecule has 2 fully saturated rings. The fraction of sp³-hybridized carbons (Fsp3) is 0.395. The number of carboxylic acid groups (broad SMARTS) is 1. The Balaban J connectivity index is 0.997. The number of likely N-dealkylation sites (tertiary alicyclic amines) is 2. The van der Waals surface area contributed by atoms with Gasteiger partial charge in [-0.2, -0.15) is 0 Å². The number of aromatic amines is 2. The molecule has 2 saturated heterocycles. The van der Waals surface area contributed by atoms with E-state index in [1.807, 2.05) is 46.0 Å². The van der Waals surface area contributed by atoms with Crippen molar-refractivity contribution in [3.63, 3.8) is 0 Å². The minimum absolute atomic E-state index is 0.126. The fourth-order valence-electron chi connectivity index (χ4n) is 8.41. The van der Waals surface area contributed by atoms with Crippen LogP contribution in [0.15, 0.2) is 60.9 Å². The molecule has 6 heterocycles. The number of pyridine rings is 2. The van der Waals surface area contributed by atoms with Crippen molar-refractivity contribution in [3.05, 3.63) is 72.6 Å². The van der Waals surface area contributed by atoms with Gasteiger partial charge in [0.1, 0.15) is 23.7 Å². The molecule has 16 nitrogen and oxygen atoms in total. The van der Waals surface area contributed by atoms with Gasteiger partial charge in [-0.05, 0) is 83.7 Å². The maximum absolute atomic E-state index is 13.6. The summed E-state index contributed by atoms with van der Waals surface area (Å²) in [6.45, 7) is 8.53. The van der Waals surface area contributed by atoms with Crippen LogP contribution in [0.3, 0.4) is 0 Å². The molecule has 59 heavy (non-hydrogen) atoms. The lowest BCUT2D eigenvalue weighted by Crippen LogP contribution is -2.51. The summed E-state index contributed by atoms with van der Waals surface area (Å²) < 4.78 is 4.77. The summed E-state index contributed by atoms with van der Waals surface area (Å²) in [7, 11) is 1.28. The number of imidazole rings is 2. The number of alkyl carbamates (subject to hydrolysis) is 1. The SMILES string of the molecule is COC(=O)N[C@H](C(=O)N1CCC[C@H]1c1nc2ncc(-c3ccc4cc(-c5cnc6nc([C@@H]7CCCN7C(=O)[C@@H](NC(=O)O)C(C)C)[nH]c6c5)ccc4c3)cc2[nH]1)C(C)C. The molecule has 2 aliphatic heterocycles. The number of amides is 4. The highest BCUT2D eigenvalue weighted by Gasteiger charge is 2.39. The summed E-state index contributed by atoms with van der Waals surface area (Å²) in [6, 6.07) is 14.5. The third-order valence-corrected chi connectivity index (χ3v) is 11.5. The highest BCUT2D eigenvalue weighted by atomic mass is 16.5. The molecule has 0 aliphatic carbocycles. The Morgan fingerprint density at radius 1 is 0.695 bits per heavy atom. The van der Waals surface area contributed by atoms with Gasteiger partial charge in [-0.25, -0.2) is 29.5 Å². The molecule has 4 aromatic heterocycles. The van der Waals surface area contributed by atoms with Gasteiger partial charge in [-0.15, -0.1) is 0 Å². The van der Waals surface area contributed by atoms with E-state index in [9.17, 15) is 24.3 Å². The quantitative estimate of drug-likeness (QED) is 0.0988. The van der Waals surface area contributed by atoms with Crippen LogP contribution in [0.5, 0.6) is 0 Å². The topological polar surface area (TPSA) is 211 Å². The van der Waals surface area contributed by atoms with Crippen molar-refractivity contribution < 1.29 is 29.0 Å². The number of H-pyrrole nitrogens is 2. The van der Waals surface area contributed by atoms with E-state index in [2.05, 4.69) is 67.0 Å². The van der Waals surface area contributed by atoms with Crippen molar-refractivity contribution in [2.75, 3.05) is 20.2 Å². The van der Waals surface area contributed by atoms with Crippen molar-refractivity contribution >= 4 is 57.1 Å². The Labute approximate surface area is 340 Å². The van der Waals surface area contributed by atoms with Gasteiger partial charge in [0.05, 0.1) is 30.2 Å². The predicted octanol–water partition coefficient (Wildman–Crippen LogP) is 6.72. The van der Waals surface area contributed by atoms with Crippen LogP contribution in [0.25, 0.3) is 55.4 Å². The third kappa shape index (κ3) is 7.74. The molecular formula is C43H48N10O6. The smallest absolute Gasteiger partial charge is 0.407 e. The zero-order valence-electron chi connectivity index (χ0n) is 33.7. The van der Waals surface area contributed by atoms with Gasteiger partial charge in [0.15, 0.2) is 11.3 Å². The van der Waals surface area contributed by atoms with Gasteiger partial charge in [-0.3, -0.25) is 9.59 Å². The van der Waals surface area contributed by atoms with Crippen LogP contribution in [0.4, 0.5) is 9.59 Å². The number of hydrogen-bond donors (Lipinski definition) is 5. The Morgan fingerprint density at radius 3 is 1.58 bits per heavy atom.